The number of aliphatic hydroxyl groups is 2. The van der Waals surface area contributed by atoms with Crippen LogP contribution in [0.15, 0.2) is 15.8 Å². The van der Waals surface area contributed by atoms with Gasteiger partial charge in [0.15, 0.2) is 0 Å². The average molecular weight is 509 g/mol. The molecule has 1 aromatic rings. The molecule has 1 fully saturated rings. The van der Waals surface area contributed by atoms with E-state index in [0.717, 1.165) is 6.20 Å². The number of aliphatic hydroxyl groups excluding tert-OH is 2. The quantitative estimate of drug-likeness (QED) is 0.161. The number of phosphoric ester groups is 1. The van der Waals surface area contributed by atoms with Crippen molar-refractivity contribution in [2.24, 2.45) is 0 Å². The Kier molecular flexibility index (Phi) is 17.6. The molecule has 1 aliphatic rings. The molecule has 2 rings (SSSR count). The van der Waals surface area contributed by atoms with Gasteiger partial charge < -0.3 is 44.0 Å². The minimum atomic E-state index is -6.10. The first kappa shape index (κ1) is 38.9. The summed E-state index contributed by atoms with van der Waals surface area (Å²) in [6.07, 6.45) is -5.89. The number of phosphoric acid groups is 3. The third kappa shape index (κ3) is 12.0. The van der Waals surface area contributed by atoms with Crippen molar-refractivity contribution in [3.05, 3.63) is 32.6 Å². The molecule has 0 aromatic carbocycles. The van der Waals surface area contributed by atoms with Crippen molar-refractivity contribution < 1.29 is 137 Å². The Morgan fingerprint density at radius 1 is 0.970 bits per heavy atom. The third-order valence-corrected chi connectivity index (χ3v) is 7.01. The Balaban J connectivity index is -0.00000225. The van der Waals surface area contributed by atoms with Crippen LogP contribution in [0.4, 0.5) is 0 Å². The van der Waals surface area contributed by atoms with Crippen molar-refractivity contribution in [3.8, 4) is 0 Å². The second-order valence-corrected chi connectivity index (χ2v) is 9.72. The normalized spacial score (nSPS) is 27.2. The number of hydrogen-bond acceptors (Lipinski definition) is 14. The molecule has 0 bridgehead atoms. The van der Waals surface area contributed by atoms with Gasteiger partial charge in [-0.25, -0.2) is 13.4 Å². The smallest absolute Gasteiger partial charge is 0.756 e. The molecule has 33 heavy (non-hydrogen) atoms. The van der Waals surface area contributed by atoms with Gasteiger partial charge in [0.25, 0.3) is 29.0 Å². The summed E-state index contributed by atoms with van der Waals surface area (Å²) in [5.41, 5.74) is -2.17. The molecule has 17 nitrogen and oxygen atoms in total. The van der Waals surface area contributed by atoms with Gasteiger partial charge in [0.2, 0.25) is 0 Å². The van der Waals surface area contributed by atoms with Gasteiger partial charge in [-0.3, -0.25) is 23.5 Å². The molecule has 166 valence electrons. The fraction of sp³-hybridized carbons (Fsp3) is 0.556. The Hall–Kier alpha value is 1.36. The van der Waals surface area contributed by atoms with Crippen molar-refractivity contribution in [1.82, 2.24) is 9.97 Å². The summed E-state index contributed by atoms with van der Waals surface area (Å²) in [6, 6.07) is 0. The van der Waals surface area contributed by atoms with Crippen LogP contribution in [0.3, 0.4) is 0 Å². The molecular formula is C9H12Li4N2O15P3+. The fourth-order valence-electron chi connectivity index (χ4n) is 2.23. The molecule has 0 aliphatic carbocycles. The fourth-order valence-corrected chi connectivity index (χ4v) is 5.12. The maximum atomic E-state index is 11.7. The molecular weight excluding hydrogens is 497 g/mol. The van der Waals surface area contributed by atoms with E-state index in [1.807, 2.05) is 4.98 Å². The first-order valence-corrected chi connectivity index (χ1v) is 11.6. The number of aromatic nitrogens is 2. The maximum Gasteiger partial charge on any atom is 1.00 e. The van der Waals surface area contributed by atoms with E-state index in [4.69, 9.17) is 9.63 Å². The number of ether oxygens (including phenoxy) is 1. The van der Waals surface area contributed by atoms with Crippen LogP contribution in [-0.2, 0) is 31.6 Å². The molecule has 0 spiro atoms. The SMILES string of the molecule is O=c1[nH]cc([C@@H]2O[C@H](COP(=O)([O-])OP(=O)([O-])OP(=O)([O-])O)[C@@H](O)[C@H]2O)c(=O)[nH]1.[Li+].[Li+].[Li+].[Li+]. The van der Waals surface area contributed by atoms with Gasteiger partial charge >= 0.3 is 81.1 Å². The largest absolute Gasteiger partial charge is 1.00 e. The zero-order valence-corrected chi connectivity index (χ0v) is 20.4. The molecule has 0 amide bonds. The van der Waals surface area contributed by atoms with Crippen molar-refractivity contribution in [3.63, 3.8) is 0 Å². The molecule has 1 aromatic heterocycles. The summed E-state index contributed by atoms with van der Waals surface area (Å²) in [6.45, 7) is -1.15. The van der Waals surface area contributed by atoms with E-state index in [-0.39, 0.29) is 81.0 Å². The van der Waals surface area contributed by atoms with Crippen LogP contribution in [0.5, 0.6) is 0 Å². The number of rotatable bonds is 8. The van der Waals surface area contributed by atoms with Gasteiger partial charge in [0, 0.05) is 6.20 Å². The summed E-state index contributed by atoms with van der Waals surface area (Å²) in [4.78, 5) is 67.8. The summed E-state index contributed by atoms with van der Waals surface area (Å²) in [5.74, 6) is 0. The molecule has 7 atom stereocenters. The zero-order chi connectivity index (χ0) is 22.2. The van der Waals surface area contributed by atoms with Gasteiger partial charge in [-0.2, -0.15) is 0 Å². The van der Waals surface area contributed by atoms with Gasteiger partial charge in [-0.1, -0.05) is 0 Å². The van der Waals surface area contributed by atoms with Crippen LogP contribution in [-0.4, -0.2) is 50.0 Å². The Morgan fingerprint density at radius 3 is 2.00 bits per heavy atom. The number of H-pyrrole nitrogens is 2. The molecule has 24 heteroatoms. The summed E-state index contributed by atoms with van der Waals surface area (Å²) in [7, 11) is -17.8. The molecule has 1 saturated heterocycles. The number of aromatic amines is 2. The van der Waals surface area contributed by atoms with Gasteiger partial charge in [0.05, 0.1) is 12.2 Å². The van der Waals surface area contributed by atoms with Crippen LogP contribution < -0.4 is 101 Å². The predicted molar refractivity (Wildman–Crippen MR) is 80.5 cm³/mol. The van der Waals surface area contributed by atoms with E-state index in [2.05, 4.69) is 18.1 Å². The maximum absolute atomic E-state index is 11.7. The first-order chi connectivity index (χ1) is 13.1. The van der Waals surface area contributed by atoms with E-state index in [9.17, 15) is 48.2 Å². The summed E-state index contributed by atoms with van der Waals surface area (Å²) < 4.78 is 48.6. The number of nitrogens with one attached hydrogen (secondary N) is 2. The zero-order valence-electron chi connectivity index (χ0n) is 17.7. The Bertz CT molecular complexity index is 1010. The molecule has 0 saturated carbocycles. The second kappa shape index (κ2) is 14.9. The topological polar surface area (TPSA) is 284 Å². The Morgan fingerprint density at radius 2 is 1.52 bits per heavy atom. The number of hydrogen-bond donors (Lipinski definition) is 5. The van der Waals surface area contributed by atoms with Gasteiger partial charge in [-0.05, 0) is 0 Å². The van der Waals surface area contributed by atoms with Gasteiger partial charge in [0.1, 0.15) is 24.4 Å². The molecule has 1 aliphatic heterocycles. The van der Waals surface area contributed by atoms with Crippen molar-refractivity contribution in [2.45, 2.75) is 24.4 Å². The summed E-state index contributed by atoms with van der Waals surface area (Å²) in [5, 5.41) is 19.8. The van der Waals surface area contributed by atoms with Crippen LogP contribution in [0.25, 0.3) is 0 Å². The van der Waals surface area contributed by atoms with Crippen LogP contribution in [0, 0.1) is 0 Å². The van der Waals surface area contributed by atoms with E-state index in [1.165, 1.54) is 0 Å². The van der Waals surface area contributed by atoms with E-state index in [0.29, 0.717) is 0 Å². The molecule has 0 radical (unpaired) electrons. The van der Waals surface area contributed by atoms with Crippen molar-refractivity contribution >= 4 is 23.5 Å². The summed E-state index contributed by atoms with van der Waals surface area (Å²) >= 11 is 0. The van der Waals surface area contributed by atoms with Gasteiger partial charge in [-0.15, -0.1) is 0 Å². The van der Waals surface area contributed by atoms with E-state index in [1.54, 1.807) is 0 Å². The minimum Gasteiger partial charge on any atom is -0.756 e. The predicted octanol–water partition coefficient (Wildman–Crippen LogP) is -16.3. The molecule has 2 heterocycles. The minimum absolute atomic E-state index is 0. The third-order valence-electron chi connectivity index (χ3n) is 3.32. The van der Waals surface area contributed by atoms with Crippen LogP contribution >= 0.6 is 23.5 Å². The standard InChI is InChI=1S/C9H15N2O15P3.4Li/c12-5-4(2-23-28(19,20)26-29(21,22)25-27(16,17)18)24-7(6(5)13)3-1-10-9(15)11-8(3)14;;;;/h1,4-7,12-13H,2H2,(H,19,20)(H,21,22)(H2,16,17,18)(H2,10,11,14,15);;;;/q;4*+1/p-3/t4-,5-,6-,7+;;;;/m1..../s1. The van der Waals surface area contributed by atoms with Crippen LogP contribution in [0.1, 0.15) is 11.7 Å². The van der Waals surface area contributed by atoms with Crippen molar-refractivity contribution in [1.29, 1.82) is 0 Å². The van der Waals surface area contributed by atoms with Crippen LogP contribution in [0.2, 0.25) is 0 Å². The molecule has 3 unspecified atom stereocenters. The average Bonchev–Trinajstić information content (AvgIpc) is 2.78. The van der Waals surface area contributed by atoms with E-state index >= 15 is 0 Å². The second-order valence-electron chi connectivity index (χ2n) is 5.43. The first-order valence-electron chi connectivity index (χ1n) is 7.17. The molecule has 5 N–H and O–H groups in total. The van der Waals surface area contributed by atoms with E-state index < -0.39 is 65.7 Å². The Labute approximate surface area is 232 Å². The monoisotopic (exact) mass is 509 g/mol. The van der Waals surface area contributed by atoms with Crippen molar-refractivity contribution in [2.75, 3.05) is 6.61 Å².